The second-order valence-electron chi connectivity index (χ2n) is 9.76. The Morgan fingerprint density at radius 3 is 2.10 bits per heavy atom. The molecule has 2 aromatic carbocycles. The average molecular weight is 596 g/mol. The summed E-state index contributed by atoms with van der Waals surface area (Å²) < 4.78 is 27.3. The zero-order valence-corrected chi connectivity index (χ0v) is 21.4. The van der Waals surface area contributed by atoms with E-state index in [0.717, 1.165) is 6.07 Å². The third-order valence-corrected chi connectivity index (χ3v) is 6.96. The van der Waals surface area contributed by atoms with Gasteiger partial charge in [0.25, 0.3) is 0 Å². The highest BCUT2D eigenvalue weighted by Gasteiger charge is 2.46. The van der Waals surface area contributed by atoms with Gasteiger partial charge in [-0.15, -0.1) is 0 Å². The molecule has 10 N–H and O–H groups in total. The molecule has 2 fully saturated rings. The van der Waals surface area contributed by atoms with Gasteiger partial charge in [-0.1, -0.05) is 0 Å². The summed E-state index contributed by atoms with van der Waals surface area (Å²) >= 11 is 0. The molecule has 228 valence electrons. The van der Waals surface area contributed by atoms with Crippen LogP contribution < -0.4 is 14.9 Å². The summed E-state index contributed by atoms with van der Waals surface area (Å²) in [6, 6.07) is 6.38. The van der Waals surface area contributed by atoms with Gasteiger partial charge in [-0.25, -0.2) is 0 Å². The van der Waals surface area contributed by atoms with Crippen LogP contribution in [0.5, 0.6) is 28.7 Å². The van der Waals surface area contributed by atoms with Gasteiger partial charge in [0.1, 0.15) is 59.6 Å². The molecule has 1 aromatic heterocycles. The molecule has 16 nitrogen and oxygen atoms in total. The molecule has 0 bridgehead atoms. The van der Waals surface area contributed by atoms with Gasteiger partial charge >= 0.3 is 0 Å². The summed E-state index contributed by atoms with van der Waals surface area (Å²) in [5.74, 6) is -3.99. The van der Waals surface area contributed by atoms with E-state index in [4.69, 9.17) is 23.4 Å². The Labute approximate surface area is 235 Å². The molecule has 42 heavy (non-hydrogen) atoms. The van der Waals surface area contributed by atoms with Crippen LogP contribution in [0.1, 0.15) is 0 Å². The number of hydrogen-bond acceptors (Lipinski definition) is 16. The quantitative estimate of drug-likeness (QED) is 0.142. The van der Waals surface area contributed by atoms with E-state index < -0.39 is 108 Å². The first-order chi connectivity index (χ1) is 19.9. The van der Waals surface area contributed by atoms with Gasteiger partial charge in [-0.3, -0.25) is 4.79 Å². The van der Waals surface area contributed by atoms with Crippen molar-refractivity contribution in [3.8, 4) is 40.1 Å². The number of phenols is 3. The van der Waals surface area contributed by atoms with Crippen LogP contribution in [0.2, 0.25) is 0 Å². The van der Waals surface area contributed by atoms with Crippen LogP contribution in [0.15, 0.2) is 39.5 Å². The van der Waals surface area contributed by atoms with Crippen molar-refractivity contribution in [1.29, 1.82) is 0 Å². The minimum atomic E-state index is -1.97. The summed E-state index contributed by atoms with van der Waals surface area (Å²) in [5, 5.41) is 102. The first-order valence-corrected chi connectivity index (χ1v) is 12.6. The number of rotatable bonds is 6. The van der Waals surface area contributed by atoms with E-state index in [0.29, 0.717) is 0 Å². The maximum absolute atomic E-state index is 13.3. The Morgan fingerprint density at radius 2 is 1.43 bits per heavy atom. The topological polar surface area (TPSA) is 269 Å². The van der Waals surface area contributed by atoms with Crippen LogP contribution in [-0.4, -0.2) is 120 Å². The molecule has 9 atom stereocenters. The minimum Gasteiger partial charge on any atom is -0.508 e. The summed E-state index contributed by atoms with van der Waals surface area (Å²) in [4.78, 5) is 13.3. The first-order valence-electron chi connectivity index (χ1n) is 12.6. The van der Waals surface area contributed by atoms with Crippen LogP contribution in [0.4, 0.5) is 0 Å². The molecule has 0 aliphatic carbocycles. The molecule has 0 spiro atoms. The van der Waals surface area contributed by atoms with Gasteiger partial charge in [0.2, 0.25) is 29.8 Å². The molecule has 0 saturated carbocycles. The number of ether oxygens (including phenoxy) is 4. The third kappa shape index (κ3) is 5.19. The Balaban J connectivity index is 1.66. The second kappa shape index (κ2) is 11.5. The highest BCUT2D eigenvalue weighted by Crippen LogP contribution is 2.51. The monoisotopic (exact) mass is 596 g/mol. The molecule has 3 aromatic rings. The van der Waals surface area contributed by atoms with Crippen LogP contribution >= 0.6 is 0 Å². The fourth-order valence-electron chi connectivity index (χ4n) is 4.58. The SMILES string of the molecule is O=c1cc(-c2ccc(O)cc2)oc2c(O[C@@H]3O[C@H](CO)[C@H](O)[C@H](O)[C@H]3O)c(O)c(O[C@@H]3OC[C@H](O)[C@H](O)[C@H]3O)c(O)c12. The molecule has 3 heterocycles. The van der Waals surface area contributed by atoms with Crippen LogP contribution in [0.25, 0.3) is 22.3 Å². The number of benzene rings is 2. The van der Waals surface area contributed by atoms with Crippen LogP contribution in [0.3, 0.4) is 0 Å². The Bertz CT molecular complexity index is 1490. The molecule has 5 rings (SSSR count). The van der Waals surface area contributed by atoms with Gasteiger partial charge in [-0.2, -0.15) is 0 Å². The van der Waals surface area contributed by atoms with Crippen molar-refractivity contribution < 1.29 is 74.4 Å². The van der Waals surface area contributed by atoms with Crippen molar-refractivity contribution in [3.05, 3.63) is 40.6 Å². The predicted octanol–water partition coefficient (Wildman–Crippen LogP) is -2.43. The predicted molar refractivity (Wildman–Crippen MR) is 136 cm³/mol. The fourth-order valence-corrected chi connectivity index (χ4v) is 4.58. The Morgan fingerprint density at radius 1 is 0.786 bits per heavy atom. The lowest BCUT2D eigenvalue weighted by Crippen LogP contribution is -2.60. The summed E-state index contributed by atoms with van der Waals surface area (Å²) in [7, 11) is 0. The normalized spacial score (nSPS) is 31.6. The highest BCUT2D eigenvalue weighted by atomic mass is 16.7. The number of phenolic OH excluding ortho intramolecular Hbond substituents is 3. The molecule has 0 unspecified atom stereocenters. The maximum Gasteiger partial charge on any atom is 0.229 e. The first kappa shape index (κ1) is 29.8. The Kier molecular flexibility index (Phi) is 8.17. The van der Waals surface area contributed by atoms with Gasteiger partial charge in [0, 0.05) is 11.6 Å². The van der Waals surface area contributed by atoms with Crippen molar-refractivity contribution >= 4 is 11.0 Å². The second-order valence-corrected chi connectivity index (χ2v) is 9.76. The smallest absolute Gasteiger partial charge is 0.229 e. The Hall–Kier alpha value is -3.71. The zero-order chi connectivity index (χ0) is 30.5. The van der Waals surface area contributed by atoms with E-state index in [2.05, 4.69) is 0 Å². The lowest BCUT2D eigenvalue weighted by atomic mass is 9.99. The standard InChI is InChI=1S/C26H28O16/c27-6-13-16(32)18(34)20(36)26(40-13)42-24-21(37)23(41-25-19(35)15(31)11(30)7-38-25)17(33)14-10(29)5-12(39-22(14)24)8-1-3-9(28)4-2-8/h1-5,11,13,15-16,18-20,25-28,30-37H,6-7H2/t11-,13+,15-,16-,18-,19+,20+,25-,26-/m0/s1. The van der Waals surface area contributed by atoms with Crippen molar-refractivity contribution in [2.24, 2.45) is 0 Å². The van der Waals surface area contributed by atoms with Gasteiger partial charge in [0.05, 0.1) is 13.2 Å². The number of aromatic hydroxyl groups is 3. The maximum atomic E-state index is 13.3. The molecular formula is C26H28O16. The molecular weight excluding hydrogens is 568 g/mol. The summed E-state index contributed by atoms with van der Waals surface area (Å²) in [5.41, 5.74) is -1.23. The number of fused-ring (bicyclic) bond motifs is 1. The van der Waals surface area contributed by atoms with Crippen molar-refractivity contribution in [2.45, 2.75) is 55.3 Å². The van der Waals surface area contributed by atoms with Crippen molar-refractivity contribution in [2.75, 3.05) is 13.2 Å². The van der Waals surface area contributed by atoms with Crippen molar-refractivity contribution in [3.63, 3.8) is 0 Å². The van der Waals surface area contributed by atoms with E-state index in [1.807, 2.05) is 0 Å². The number of aliphatic hydroxyl groups excluding tert-OH is 7. The highest BCUT2D eigenvalue weighted by molar-refractivity contribution is 5.95. The van der Waals surface area contributed by atoms with E-state index >= 15 is 0 Å². The van der Waals surface area contributed by atoms with E-state index in [9.17, 15) is 55.9 Å². The lowest BCUT2D eigenvalue weighted by Gasteiger charge is -2.39. The van der Waals surface area contributed by atoms with E-state index in [1.54, 1.807) is 0 Å². The van der Waals surface area contributed by atoms with E-state index in [-0.39, 0.29) is 17.1 Å². The zero-order valence-electron chi connectivity index (χ0n) is 21.4. The summed E-state index contributed by atoms with van der Waals surface area (Å²) in [6.45, 7) is -1.32. The van der Waals surface area contributed by atoms with Gasteiger partial charge in [-0.05, 0) is 24.3 Å². The minimum absolute atomic E-state index is 0.0876. The molecule has 2 aliphatic heterocycles. The fraction of sp³-hybridized carbons (Fsp3) is 0.423. The molecule has 16 heteroatoms. The molecule has 0 radical (unpaired) electrons. The van der Waals surface area contributed by atoms with Crippen molar-refractivity contribution in [1.82, 2.24) is 0 Å². The largest absolute Gasteiger partial charge is 0.508 e. The van der Waals surface area contributed by atoms with Gasteiger partial charge < -0.3 is 74.4 Å². The van der Waals surface area contributed by atoms with Crippen LogP contribution in [0, 0.1) is 0 Å². The lowest BCUT2D eigenvalue weighted by molar-refractivity contribution is -0.277. The number of hydrogen-bond donors (Lipinski definition) is 10. The average Bonchev–Trinajstić information content (AvgIpc) is 2.97. The molecule has 0 amide bonds. The van der Waals surface area contributed by atoms with E-state index in [1.165, 1.54) is 24.3 Å². The van der Waals surface area contributed by atoms with Crippen LogP contribution in [-0.2, 0) is 9.47 Å². The molecule has 2 saturated heterocycles. The molecule has 2 aliphatic rings. The summed E-state index contributed by atoms with van der Waals surface area (Å²) in [6.07, 6.45) is -15.8. The third-order valence-electron chi connectivity index (χ3n) is 6.96. The van der Waals surface area contributed by atoms with Gasteiger partial charge in [0.15, 0.2) is 16.8 Å². The number of aliphatic hydroxyl groups is 7.